The molecule has 0 aromatic carbocycles. The summed E-state index contributed by atoms with van der Waals surface area (Å²) >= 11 is 0. The molecule has 3 heteroatoms. The summed E-state index contributed by atoms with van der Waals surface area (Å²) in [6, 6.07) is 0. The number of nitroso groups, excluding NO2 is 1. The molecule has 0 saturated heterocycles. The van der Waals surface area contributed by atoms with Crippen molar-refractivity contribution in [3.05, 3.63) is 16.6 Å². The molecule has 0 saturated carbocycles. The average molecular weight is 169 g/mol. The van der Waals surface area contributed by atoms with Gasteiger partial charge in [-0.15, -0.1) is 0 Å². The van der Waals surface area contributed by atoms with Crippen LogP contribution in [0.15, 0.2) is 16.8 Å². The topological polar surface area (TPSA) is 46.5 Å². The predicted octanol–water partition coefficient (Wildman–Crippen LogP) is 2.46. The summed E-state index contributed by atoms with van der Waals surface area (Å²) in [5.41, 5.74) is 0.171. The van der Waals surface area contributed by atoms with Crippen LogP contribution in [0.1, 0.15) is 34.1 Å². The first-order valence-electron chi connectivity index (χ1n) is 3.89. The van der Waals surface area contributed by atoms with Gasteiger partial charge in [-0.1, -0.05) is 10.7 Å². The maximum atomic E-state index is 11.2. The molecule has 0 aliphatic heterocycles. The predicted molar refractivity (Wildman–Crippen MR) is 48.9 cm³/mol. The quantitative estimate of drug-likeness (QED) is 0.479. The van der Waals surface area contributed by atoms with Gasteiger partial charge >= 0.3 is 0 Å². The summed E-state index contributed by atoms with van der Waals surface area (Å²) in [6.45, 7) is 6.99. The minimum absolute atomic E-state index is 0.0420. The molecule has 0 aromatic rings. The fraction of sp³-hybridized carbons (Fsp3) is 0.667. The summed E-state index contributed by atoms with van der Waals surface area (Å²) in [4.78, 5) is 21.4. The summed E-state index contributed by atoms with van der Waals surface area (Å²) < 4.78 is 0. The first-order valence-corrected chi connectivity index (χ1v) is 3.89. The van der Waals surface area contributed by atoms with Crippen molar-refractivity contribution in [3.8, 4) is 0 Å². The van der Waals surface area contributed by atoms with E-state index >= 15 is 0 Å². The molecule has 0 radical (unpaired) electrons. The van der Waals surface area contributed by atoms with E-state index in [-0.39, 0.29) is 12.2 Å². The van der Waals surface area contributed by atoms with Crippen LogP contribution in [0.4, 0.5) is 0 Å². The minimum atomic E-state index is -0.775. The van der Waals surface area contributed by atoms with Crippen LogP contribution in [0.3, 0.4) is 0 Å². The van der Waals surface area contributed by atoms with Crippen molar-refractivity contribution in [1.82, 2.24) is 0 Å². The fourth-order valence-electron chi connectivity index (χ4n) is 0.832. The zero-order valence-corrected chi connectivity index (χ0v) is 8.05. The summed E-state index contributed by atoms with van der Waals surface area (Å²) in [7, 11) is 0. The standard InChI is InChI=1S/C9H15NO2/c1-7(2)5-8(11)6-9(3,4)10-12/h5H,6H2,1-4H3. The maximum absolute atomic E-state index is 11.2. The number of hydrogen-bond acceptors (Lipinski definition) is 3. The molecule has 68 valence electrons. The van der Waals surface area contributed by atoms with E-state index in [9.17, 15) is 9.70 Å². The Labute approximate surface area is 72.8 Å². The maximum Gasteiger partial charge on any atom is 0.158 e. The van der Waals surface area contributed by atoms with Crippen LogP contribution in [0.25, 0.3) is 0 Å². The van der Waals surface area contributed by atoms with Gasteiger partial charge in [0, 0.05) is 6.42 Å². The largest absolute Gasteiger partial charge is 0.295 e. The number of hydrogen-bond donors (Lipinski definition) is 0. The molecule has 0 aromatic heterocycles. The highest BCUT2D eigenvalue weighted by molar-refractivity contribution is 5.90. The Morgan fingerprint density at radius 3 is 2.25 bits per heavy atom. The van der Waals surface area contributed by atoms with E-state index in [1.165, 1.54) is 6.08 Å². The molecule has 0 aliphatic rings. The first kappa shape index (κ1) is 11.0. The third kappa shape index (κ3) is 4.77. The molecule has 0 amide bonds. The van der Waals surface area contributed by atoms with Crippen molar-refractivity contribution >= 4 is 5.78 Å². The zero-order chi connectivity index (χ0) is 9.78. The van der Waals surface area contributed by atoms with Crippen LogP contribution in [0.5, 0.6) is 0 Å². The van der Waals surface area contributed by atoms with Crippen LogP contribution in [0, 0.1) is 4.91 Å². The highest BCUT2D eigenvalue weighted by Gasteiger charge is 2.21. The van der Waals surface area contributed by atoms with Gasteiger partial charge in [0.05, 0.1) is 0 Å². The lowest BCUT2D eigenvalue weighted by molar-refractivity contribution is -0.115. The van der Waals surface area contributed by atoms with E-state index in [1.54, 1.807) is 13.8 Å². The zero-order valence-electron chi connectivity index (χ0n) is 8.05. The number of ketones is 1. The Morgan fingerprint density at radius 2 is 1.92 bits per heavy atom. The van der Waals surface area contributed by atoms with Crippen molar-refractivity contribution in [1.29, 1.82) is 0 Å². The Bertz CT molecular complexity index is 213. The molecule has 3 nitrogen and oxygen atoms in total. The van der Waals surface area contributed by atoms with Gasteiger partial charge < -0.3 is 0 Å². The molecule has 0 rings (SSSR count). The van der Waals surface area contributed by atoms with E-state index in [4.69, 9.17) is 0 Å². The van der Waals surface area contributed by atoms with E-state index in [0.29, 0.717) is 0 Å². The smallest absolute Gasteiger partial charge is 0.158 e. The van der Waals surface area contributed by atoms with Crippen LogP contribution < -0.4 is 0 Å². The second-order valence-corrected chi connectivity index (χ2v) is 3.77. The summed E-state index contributed by atoms with van der Waals surface area (Å²) in [6.07, 6.45) is 1.72. The normalized spacial score (nSPS) is 10.7. The van der Waals surface area contributed by atoms with Crippen molar-refractivity contribution in [2.45, 2.75) is 39.7 Å². The molecule has 0 aliphatic carbocycles. The molecule has 0 heterocycles. The molecule has 0 atom stereocenters. The Morgan fingerprint density at radius 1 is 1.42 bits per heavy atom. The van der Waals surface area contributed by atoms with Gasteiger partial charge in [-0.3, -0.25) is 4.79 Å². The van der Waals surface area contributed by atoms with Crippen LogP contribution in [-0.4, -0.2) is 11.3 Å². The lowest BCUT2D eigenvalue weighted by Gasteiger charge is -2.11. The highest BCUT2D eigenvalue weighted by Crippen LogP contribution is 2.14. The lowest BCUT2D eigenvalue weighted by atomic mass is 9.98. The average Bonchev–Trinajstić information content (AvgIpc) is 1.84. The third-order valence-corrected chi connectivity index (χ3v) is 1.30. The minimum Gasteiger partial charge on any atom is -0.295 e. The van der Waals surface area contributed by atoms with E-state index in [2.05, 4.69) is 5.18 Å². The number of allylic oxidation sites excluding steroid dienone is 2. The van der Waals surface area contributed by atoms with Gasteiger partial charge in [0.1, 0.15) is 5.54 Å². The Kier molecular flexibility index (Phi) is 3.80. The lowest BCUT2D eigenvalue weighted by Crippen LogP contribution is -2.19. The number of carbonyl (C=O) groups excluding carboxylic acids is 1. The van der Waals surface area contributed by atoms with Crippen molar-refractivity contribution in [2.75, 3.05) is 0 Å². The van der Waals surface area contributed by atoms with Crippen LogP contribution in [0.2, 0.25) is 0 Å². The van der Waals surface area contributed by atoms with Gasteiger partial charge in [0.25, 0.3) is 0 Å². The van der Waals surface area contributed by atoms with Gasteiger partial charge in [-0.2, -0.15) is 4.91 Å². The van der Waals surface area contributed by atoms with Crippen molar-refractivity contribution in [2.24, 2.45) is 5.18 Å². The molecule has 0 unspecified atom stereocenters. The molecular weight excluding hydrogens is 154 g/mol. The van der Waals surface area contributed by atoms with Gasteiger partial charge in [0.15, 0.2) is 5.78 Å². The number of carbonyl (C=O) groups is 1. The molecular formula is C9H15NO2. The van der Waals surface area contributed by atoms with E-state index < -0.39 is 5.54 Å². The van der Waals surface area contributed by atoms with Gasteiger partial charge in [0.2, 0.25) is 0 Å². The first-order chi connectivity index (χ1) is 5.37. The third-order valence-electron chi connectivity index (χ3n) is 1.30. The molecule has 0 fully saturated rings. The van der Waals surface area contributed by atoms with Gasteiger partial charge in [-0.25, -0.2) is 0 Å². The van der Waals surface area contributed by atoms with E-state index in [0.717, 1.165) is 5.57 Å². The monoisotopic (exact) mass is 169 g/mol. The van der Waals surface area contributed by atoms with Crippen LogP contribution >= 0.6 is 0 Å². The fourth-order valence-corrected chi connectivity index (χ4v) is 0.832. The molecule has 0 N–H and O–H groups in total. The van der Waals surface area contributed by atoms with Crippen LogP contribution in [-0.2, 0) is 4.79 Å². The Balaban J connectivity index is 4.19. The van der Waals surface area contributed by atoms with Crippen molar-refractivity contribution < 1.29 is 4.79 Å². The van der Waals surface area contributed by atoms with Gasteiger partial charge in [-0.05, 0) is 33.8 Å². The Hall–Kier alpha value is -0.990. The molecule has 0 bridgehead atoms. The molecule has 0 spiro atoms. The van der Waals surface area contributed by atoms with E-state index in [1.807, 2.05) is 13.8 Å². The summed E-state index contributed by atoms with van der Waals surface area (Å²) in [5.74, 6) is -0.0420. The molecule has 12 heavy (non-hydrogen) atoms. The highest BCUT2D eigenvalue weighted by atomic mass is 16.3. The SMILES string of the molecule is CC(C)=CC(=O)CC(C)(C)N=O. The summed E-state index contributed by atoms with van der Waals surface area (Å²) in [5, 5.41) is 2.87. The second kappa shape index (κ2) is 4.14. The number of rotatable bonds is 4. The second-order valence-electron chi connectivity index (χ2n) is 3.77. The van der Waals surface area contributed by atoms with Crippen molar-refractivity contribution in [3.63, 3.8) is 0 Å². The number of nitrogens with zero attached hydrogens (tertiary/aromatic N) is 1.